The monoisotopic (exact) mass is 423 g/mol. The molecule has 0 spiro atoms. The van der Waals surface area contributed by atoms with Gasteiger partial charge in [0, 0.05) is 42.0 Å². The molecule has 1 aromatic carbocycles. The smallest absolute Gasteiger partial charge is 0.319 e. The summed E-state index contributed by atoms with van der Waals surface area (Å²) in [6.07, 6.45) is 3.32. The largest absolute Gasteiger partial charge is 0.493 e. The third-order valence-corrected chi connectivity index (χ3v) is 4.39. The van der Waals surface area contributed by atoms with Gasteiger partial charge in [-0.2, -0.15) is 0 Å². The quantitative estimate of drug-likeness (QED) is 0.638. The van der Waals surface area contributed by atoms with Gasteiger partial charge in [-0.1, -0.05) is 6.07 Å². The molecule has 2 amide bonds. The summed E-state index contributed by atoms with van der Waals surface area (Å²) >= 11 is 3.40. The number of anilines is 1. The number of nitrogens with zero attached hydrogens (tertiary/aromatic N) is 1. The summed E-state index contributed by atoms with van der Waals surface area (Å²) in [7, 11) is 3.08. The molecule has 8 heteroatoms. The highest BCUT2D eigenvalue weighted by atomic mass is 79.9. The molecule has 0 saturated carbocycles. The van der Waals surface area contributed by atoms with E-state index >= 15 is 0 Å². The lowest BCUT2D eigenvalue weighted by atomic mass is 10.2. The Kier molecular flexibility index (Phi) is 7.53. The predicted molar refractivity (Wildman–Crippen MR) is 104 cm³/mol. The first-order chi connectivity index (χ1) is 12.5. The number of hydrogen-bond acceptors (Lipinski definition) is 4. The fourth-order valence-electron chi connectivity index (χ4n) is 2.37. The Balaban J connectivity index is 1.78. The van der Waals surface area contributed by atoms with Crippen molar-refractivity contribution in [1.82, 2.24) is 9.88 Å². The van der Waals surface area contributed by atoms with Crippen LogP contribution in [0.5, 0.6) is 11.5 Å². The number of pyridine rings is 1. The number of rotatable bonds is 8. The van der Waals surface area contributed by atoms with Crippen LogP contribution in [-0.2, 0) is 6.54 Å². The van der Waals surface area contributed by atoms with Gasteiger partial charge in [-0.25, -0.2) is 4.79 Å². The third kappa shape index (κ3) is 5.52. The Labute approximate surface area is 160 Å². The van der Waals surface area contributed by atoms with E-state index in [0.717, 1.165) is 12.8 Å². The van der Waals surface area contributed by atoms with E-state index < -0.39 is 0 Å². The Morgan fingerprint density at radius 3 is 2.58 bits per heavy atom. The molecule has 2 rings (SSSR count). The van der Waals surface area contributed by atoms with E-state index in [2.05, 4.69) is 26.6 Å². The summed E-state index contributed by atoms with van der Waals surface area (Å²) in [5.74, 6) is 1.10. The molecule has 0 fully saturated rings. The first-order valence-electron chi connectivity index (χ1n) is 8.17. The molecule has 2 N–H and O–H groups in total. The number of carbonyl (C=O) groups is 1. The number of unbranched alkanes of at least 4 members (excludes halogenated alkanes) is 1. The van der Waals surface area contributed by atoms with Crippen molar-refractivity contribution in [2.24, 2.45) is 0 Å². The van der Waals surface area contributed by atoms with Crippen LogP contribution in [0.25, 0.3) is 0 Å². The SMILES string of the molecule is COc1cc(Br)c(NC(=O)NCCCCn2ccccc2=O)cc1OC. The number of amides is 2. The van der Waals surface area contributed by atoms with Gasteiger partial charge in [-0.3, -0.25) is 4.79 Å². The van der Waals surface area contributed by atoms with E-state index in [0.29, 0.717) is 34.7 Å². The normalized spacial score (nSPS) is 10.3. The summed E-state index contributed by atoms with van der Waals surface area (Å²) in [6.45, 7) is 1.14. The summed E-state index contributed by atoms with van der Waals surface area (Å²) in [4.78, 5) is 23.6. The molecule has 7 nitrogen and oxygen atoms in total. The molecule has 0 atom stereocenters. The minimum Gasteiger partial charge on any atom is -0.493 e. The number of carbonyl (C=O) groups excluding carboxylic acids is 1. The first-order valence-corrected chi connectivity index (χ1v) is 8.96. The summed E-state index contributed by atoms with van der Waals surface area (Å²) in [6, 6.07) is 8.18. The molecule has 0 radical (unpaired) electrons. The molecule has 1 aromatic heterocycles. The number of urea groups is 1. The number of halogens is 1. The van der Waals surface area contributed by atoms with Crippen LogP contribution in [-0.4, -0.2) is 31.4 Å². The van der Waals surface area contributed by atoms with Crippen molar-refractivity contribution in [3.63, 3.8) is 0 Å². The molecule has 1 heterocycles. The zero-order chi connectivity index (χ0) is 18.9. The van der Waals surface area contributed by atoms with Crippen molar-refractivity contribution >= 4 is 27.6 Å². The number of nitrogens with one attached hydrogen (secondary N) is 2. The van der Waals surface area contributed by atoms with Crippen LogP contribution < -0.4 is 25.7 Å². The van der Waals surface area contributed by atoms with Crippen molar-refractivity contribution in [2.45, 2.75) is 19.4 Å². The number of benzene rings is 1. The summed E-state index contributed by atoms with van der Waals surface area (Å²) < 4.78 is 12.8. The van der Waals surface area contributed by atoms with E-state index in [1.54, 1.807) is 36.1 Å². The van der Waals surface area contributed by atoms with Crippen molar-refractivity contribution in [1.29, 1.82) is 0 Å². The van der Waals surface area contributed by atoms with Crippen LogP contribution in [0.4, 0.5) is 10.5 Å². The van der Waals surface area contributed by atoms with Gasteiger partial charge in [-0.15, -0.1) is 0 Å². The van der Waals surface area contributed by atoms with Gasteiger partial charge in [0.25, 0.3) is 0 Å². The minimum absolute atomic E-state index is 0.0171. The lowest BCUT2D eigenvalue weighted by Crippen LogP contribution is -2.30. The van der Waals surface area contributed by atoms with Gasteiger partial charge < -0.3 is 24.7 Å². The maximum absolute atomic E-state index is 12.0. The van der Waals surface area contributed by atoms with E-state index in [1.807, 2.05) is 6.07 Å². The standard InChI is InChI=1S/C18H22BrN3O4/c1-25-15-11-13(19)14(12-16(15)26-2)21-18(24)20-8-4-6-10-22-9-5-3-7-17(22)23/h3,5,7,9,11-12H,4,6,8,10H2,1-2H3,(H2,20,21,24). The van der Waals surface area contributed by atoms with Crippen LogP contribution in [0.3, 0.4) is 0 Å². The number of aromatic nitrogens is 1. The number of aryl methyl sites for hydroxylation is 1. The molecular formula is C18H22BrN3O4. The second-order valence-electron chi connectivity index (χ2n) is 5.51. The van der Waals surface area contributed by atoms with Gasteiger partial charge >= 0.3 is 6.03 Å². The topological polar surface area (TPSA) is 81.6 Å². The molecule has 0 aliphatic carbocycles. The molecule has 140 valence electrons. The highest BCUT2D eigenvalue weighted by molar-refractivity contribution is 9.10. The van der Waals surface area contributed by atoms with Gasteiger partial charge in [0.15, 0.2) is 11.5 Å². The number of hydrogen-bond donors (Lipinski definition) is 2. The van der Waals surface area contributed by atoms with Gasteiger partial charge in [0.2, 0.25) is 5.56 Å². The van der Waals surface area contributed by atoms with Crippen LogP contribution in [0.2, 0.25) is 0 Å². The van der Waals surface area contributed by atoms with E-state index in [4.69, 9.17) is 9.47 Å². The van der Waals surface area contributed by atoms with Crippen LogP contribution in [0.1, 0.15) is 12.8 Å². The Morgan fingerprint density at radius 1 is 1.15 bits per heavy atom. The second kappa shape index (κ2) is 9.86. The summed E-state index contributed by atoms with van der Waals surface area (Å²) in [5.41, 5.74) is 0.562. The molecule has 0 bridgehead atoms. The zero-order valence-corrected chi connectivity index (χ0v) is 16.3. The predicted octanol–water partition coefficient (Wildman–Crippen LogP) is 3.23. The highest BCUT2D eigenvalue weighted by Gasteiger charge is 2.11. The molecule has 26 heavy (non-hydrogen) atoms. The first kappa shape index (κ1) is 19.8. The van der Waals surface area contributed by atoms with Crippen LogP contribution in [0, 0.1) is 0 Å². The molecule has 0 aliphatic heterocycles. The van der Waals surface area contributed by atoms with Crippen molar-refractivity contribution in [3.05, 3.63) is 51.4 Å². The minimum atomic E-state index is -0.310. The van der Waals surface area contributed by atoms with Crippen molar-refractivity contribution in [2.75, 3.05) is 26.1 Å². The molecule has 0 unspecified atom stereocenters. The lowest BCUT2D eigenvalue weighted by molar-refractivity contribution is 0.252. The van der Waals surface area contributed by atoms with Gasteiger partial charge in [0.1, 0.15) is 0 Å². The highest BCUT2D eigenvalue weighted by Crippen LogP contribution is 2.36. The Bertz CT molecular complexity index is 807. The van der Waals surface area contributed by atoms with E-state index in [-0.39, 0.29) is 11.6 Å². The fraction of sp³-hybridized carbons (Fsp3) is 0.333. The fourth-order valence-corrected chi connectivity index (χ4v) is 2.79. The van der Waals surface area contributed by atoms with Gasteiger partial charge in [-0.05, 0) is 34.8 Å². The number of methoxy groups -OCH3 is 2. The van der Waals surface area contributed by atoms with Crippen LogP contribution >= 0.6 is 15.9 Å². The average Bonchev–Trinajstić information content (AvgIpc) is 2.64. The van der Waals surface area contributed by atoms with E-state index in [1.165, 1.54) is 13.2 Å². The van der Waals surface area contributed by atoms with Crippen molar-refractivity contribution < 1.29 is 14.3 Å². The average molecular weight is 424 g/mol. The summed E-state index contributed by atoms with van der Waals surface area (Å²) in [5, 5.41) is 5.56. The second-order valence-corrected chi connectivity index (χ2v) is 6.36. The molecule has 2 aromatic rings. The third-order valence-electron chi connectivity index (χ3n) is 3.73. The molecule has 0 saturated heterocycles. The number of ether oxygens (including phenoxy) is 2. The zero-order valence-electron chi connectivity index (χ0n) is 14.8. The Hall–Kier alpha value is -2.48. The molecule has 0 aliphatic rings. The Morgan fingerprint density at radius 2 is 1.88 bits per heavy atom. The maximum Gasteiger partial charge on any atom is 0.319 e. The molecular weight excluding hydrogens is 402 g/mol. The van der Waals surface area contributed by atoms with E-state index in [9.17, 15) is 9.59 Å². The lowest BCUT2D eigenvalue weighted by Gasteiger charge is -2.13. The van der Waals surface area contributed by atoms with Crippen molar-refractivity contribution in [3.8, 4) is 11.5 Å². The van der Waals surface area contributed by atoms with Crippen LogP contribution in [0.15, 0.2) is 45.8 Å². The van der Waals surface area contributed by atoms with Gasteiger partial charge in [0.05, 0.1) is 19.9 Å². The maximum atomic E-state index is 12.0.